The van der Waals surface area contributed by atoms with Gasteiger partial charge in [-0.05, 0) is 185 Å². The maximum Gasteiger partial charge on any atom is 0.0978 e. The summed E-state index contributed by atoms with van der Waals surface area (Å²) in [7, 11) is 0. The number of aromatic nitrogens is 12. The Morgan fingerprint density at radius 3 is 0.824 bits per heavy atom. The van der Waals surface area contributed by atoms with E-state index in [1.165, 1.54) is 104 Å². The second-order valence-electron chi connectivity index (χ2n) is 38.9. The molecule has 3 aliphatic carbocycles. The van der Waals surface area contributed by atoms with Crippen molar-refractivity contribution >= 4 is 246 Å². The Kier molecular flexibility index (Phi) is 18.4. The fourth-order valence-electron chi connectivity index (χ4n) is 24.6. The van der Waals surface area contributed by atoms with Crippen molar-refractivity contribution in [1.29, 1.82) is 0 Å². The van der Waals surface area contributed by atoms with Crippen molar-refractivity contribution in [1.82, 2.24) is 59.8 Å². The van der Waals surface area contributed by atoms with Gasteiger partial charge in [0.2, 0.25) is 0 Å². The van der Waals surface area contributed by atoms with Crippen molar-refractivity contribution < 1.29 is 0 Å². The molecule has 12 heterocycles. The molecule has 0 amide bonds. The summed E-state index contributed by atoms with van der Waals surface area (Å²) in [4.78, 5) is 59.6. The van der Waals surface area contributed by atoms with Crippen molar-refractivity contribution in [2.45, 2.75) is 5.92 Å². The first kappa shape index (κ1) is 82.9. The molecule has 0 bridgehead atoms. The lowest BCUT2D eigenvalue weighted by atomic mass is 9.64. The van der Waals surface area contributed by atoms with Crippen molar-refractivity contribution in [2.75, 3.05) is 0 Å². The van der Waals surface area contributed by atoms with E-state index in [9.17, 15) is 0 Å². The molecule has 12 aromatic heterocycles. The van der Waals surface area contributed by atoms with Crippen LogP contribution in [0, 0.1) is 5.92 Å². The van der Waals surface area contributed by atoms with E-state index < -0.39 is 0 Å². The summed E-state index contributed by atoms with van der Waals surface area (Å²) in [5.41, 5.74) is 36.6. The normalized spacial score (nSPS) is 13.8. The Labute approximate surface area is 845 Å². The number of pyridine rings is 12. The smallest absolute Gasteiger partial charge is 0.0978 e. The molecule has 2 atom stereocenters. The lowest BCUT2D eigenvalue weighted by Gasteiger charge is -2.39. The van der Waals surface area contributed by atoms with Gasteiger partial charge in [-0.25, -0.2) is 29.9 Å². The van der Waals surface area contributed by atoms with Crippen molar-refractivity contribution in [2.24, 2.45) is 5.92 Å². The van der Waals surface area contributed by atoms with Crippen LogP contribution in [0.1, 0.15) is 28.2 Å². The molecular weight excluding hydrogens is 1800 g/mol. The molecule has 0 N–H and O–H groups in total. The molecule has 0 spiro atoms. The van der Waals surface area contributed by atoms with Crippen LogP contribution in [0.3, 0.4) is 0 Å². The molecule has 33 rings (SSSR count). The molecule has 0 saturated heterocycles. The topological polar surface area (TPSA) is 155 Å². The van der Waals surface area contributed by atoms with Gasteiger partial charge < -0.3 is 0 Å². The molecule has 2 unspecified atom stereocenters. The molecule has 30 aromatic rings. The van der Waals surface area contributed by atoms with E-state index in [0.29, 0.717) is 0 Å². The Morgan fingerprint density at radius 1 is 0.182 bits per heavy atom. The summed E-state index contributed by atoms with van der Waals surface area (Å²) in [5, 5.41) is 27.4. The first-order valence-electron chi connectivity index (χ1n) is 50.2. The van der Waals surface area contributed by atoms with Crippen LogP contribution in [0.2, 0.25) is 0 Å². The summed E-state index contributed by atoms with van der Waals surface area (Å²) >= 11 is 0. The zero-order chi connectivity index (χ0) is 96.9. The van der Waals surface area contributed by atoms with E-state index in [4.69, 9.17) is 59.8 Å². The molecule has 0 saturated carbocycles. The van der Waals surface area contributed by atoms with Gasteiger partial charge in [0.25, 0.3) is 0 Å². The van der Waals surface area contributed by atoms with Crippen LogP contribution in [0.25, 0.3) is 302 Å². The zero-order valence-corrected chi connectivity index (χ0v) is 79.4. The number of allylic oxidation sites excluding steroid dienone is 6. The molecule has 0 radical (unpaired) electrons. The third-order valence-electron chi connectivity index (χ3n) is 31.0. The maximum atomic E-state index is 5.21. The molecule has 0 aliphatic heterocycles. The van der Waals surface area contributed by atoms with Gasteiger partial charge in [-0.15, -0.1) is 0 Å². The largest absolute Gasteiger partial charge is 0.254 e. The summed E-state index contributed by atoms with van der Waals surface area (Å²) in [5.74, 6) is 0.335. The van der Waals surface area contributed by atoms with Gasteiger partial charge in [-0.2, -0.15) is 0 Å². The minimum absolute atomic E-state index is 0.152. The van der Waals surface area contributed by atoms with Crippen LogP contribution in [0.15, 0.2) is 455 Å². The first-order valence-corrected chi connectivity index (χ1v) is 50.2. The average Bonchev–Trinajstić information content (AvgIpc) is 0.672. The zero-order valence-electron chi connectivity index (χ0n) is 79.4. The van der Waals surface area contributed by atoms with Gasteiger partial charge in [-0.3, -0.25) is 29.9 Å². The number of para-hydroxylation sites is 6. The number of fused-ring (bicyclic) bond motifs is 30. The lowest BCUT2D eigenvalue weighted by Crippen LogP contribution is -2.24. The van der Waals surface area contributed by atoms with Crippen LogP contribution in [-0.4, -0.2) is 59.8 Å². The lowest BCUT2D eigenvalue weighted by molar-refractivity contribution is 0.682. The monoisotopic (exact) mass is 1880 g/mol. The average molecular weight is 1880 g/mol. The van der Waals surface area contributed by atoms with Crippen LogP contribution < -0.4 is 0 Å². The Balaban J connectivity index is 0.000000101. The highest BCUT2D eigenvalue weighted by molar-refractivity contribution is 6.30. The third-order valence-corrected chi connectivity index (χ3v) is 31.0. The molecule has 0 fully saturated rings. The van der Waals surface area contributed by atoms with Crippen LogP contribution in [-0.2, 0) is 0 Å². The van der Waals surface area contributed by atoms with E-state index in [2.05, 4.69) is 376 Å². The van der Waals surface area contributed by atoms with E-state index >= 15 is 0 Å². The highest BCUT2D eigenvalue weighted by Crippen LogP contribution is 2.57. The summed E-state index contributed by atoms with van der Waals surface area (Å²) < 4.78 is 0. The number of benzene rings is 18. The summed E-state index contributed by atoms with van der Waals surface area (Å²) in [6.45, 7) is 0. The van der Waals surface area contributed by atoms with E-state index in [0.717, 1.165) is 213 Å². The van der Waals surface area contributed by atoms with Gasteiger partial charge >= 0.3 is 0 Å². The Hall–Kier alpha value is -19.8. The molecule has 3 aliphatic rings. The van der Waals surface area contributed by atoms with Gasteiger partial charge in [-0.1, -0.05) is 334 Å². The molecule has 682 valence electrons. The molecule has 18 aromatic carbocycles. The molecule has 12 nitrogen and oxygen atoms in total. The summed E-state index contributed by atoms with van der Waals surface area (Å²) in [6.07, 6.45) is 25.3. The highest BCUT2D eigenvalue weighted by atomic mass is 14.8. The SMILES string of the molecule is C1=Cc2c(-c3c4ccccc4nc4c3ccc3cccnc34)ccc3c2C2C1=CC=C(c1c4ccccc4nc4c1ccc1cccnc14)C2C=C3.c1cc(-c2c3ccccc3nc3c2ccc2cccnc23)cc(-c2c3ccccc3nc3c2ccc2cccnc23)c1.c1cnc2c(c1)ccc1c(-c3ccc4c5ccc(-c6c7ccccc7nc7c6ccc6cccnc67)cc5c5ccccc5c4c3)c3ccccc3nc12. The Bertz CT molecular complexity index is 10900. The standard InChI is InChI=1S/C50H28N4.C48H28N4.C38H22N4/c1-2-12-34-33(11-1)41-27-31(45-37-13-3-5-15-43(37)53-49-39(45)23-17-29-9-7-25-51-47(29)49)19-21-35(41)36-22-20-32(28-42(34)36)46-38-14-4-6-16-44(38)54-50-40(46)24-18-30-10-8-26-52-48(30)50;1-3-11-39-35(9-1)43(37-23-17-29-7-5-25-49-45(29)47(37)51-39)33-21-15-27-14-20-32-34(22-16-28-13-19-31(33)41(27)42(28)32)44-36-10-2-4-12-40(36)52-48-38(44)24-18-30-8-6-26-50-46(30)48;1-3-14-31-27(12-1)33(29-18-16-23-10-6-20-39-35(23)37(29)41-31)25-8-5-9-26(22-25)34-28-13-2-4-15-32(28)42-38-30(34)19-17-24-11-7-21-40-36(24)38/h1-28H;1-26,31,41H;1-22H. The van der Waals surface area contributed by atoms with Crippen molar-refractivity contribution in [3.05, 3.63) is 478 Å². The minimum Gasteiger partial charge on any atom is -0.254 e. The van der Waals surface area contributed by atoms with Crippen molar-refractivity contribution in [3.8, 4) is 55.6 Å². The number of hydrogen-bond donors (Lipinski definition) is 0. The summed E-state index contributed by atoms with van der Waals surface area (Å²) in [6, 6.07) is 138. The van der Waals surface area contributed by atoms with Crippen LogP contribution >= 0.6 is 0 Å². The van der Waals surface area contributed by atoms with Gasteiger partial charge in [0.15, 0.2) is 0 Å². The van der Waals surface area contributed by atoms with E-state index in [1.807, 2.05) is 85.7 Å². The number of hydrogen-bond acceptors (Lipinski definition) is 12. The van der Waals surface area contributed by atoms with Crippen LogP contribution in [0.5, 0.6) is 0 Å². The molecule has 12 heteroatoms. The fourth-order valence-corrected chi connectivity index (χ4v) is 24.6. The first-order chi connectivity index (χ1) is 73.4. The van der Waals surface area contributed by atoms with E-state index in [1.54, 1.807) is 0 Å². The number of nitrogens with zero attached hydrogens (tertiary/aromatic N) is 12. The van der Waals surface area contributed by atoms with Crippen molar-refractivity contribution in [3.63, 3.8) is 0 Å². The fraction of sp³-hybridized carbons (Fsp3) is 0.0147. The molecule has 148 heavy (non-hydrogen) atoms. The quantitative estimate of drug-likeness (QED) is 0.115. The second-order valence-corrected chi connectivity index (χ2v) is 38.9. The number of rotatable bonds is 6. The minimum atomic E-state index is 0.152. The van der Waals surface area contributed by atoms with Crippen LogP contribution in [0.4, 0.5) is 0 Å². The predicted octanol–water partition coefficient (Wildman–Crippen LogP) is 34.1. The van der Waals surface area contributed by atoms with E-state index in [-0.39, 0.29) is 11.8 Å². The third kappa shape index (κ3) is 12.8. The predicted molar refractivity (Wildman–Crippen MR) is 614 cm³/mol. The highest BCUT2D eigenvalue weighted by Gasteiger charge is 2.39. The van der Waals surface area contributed by atoms with Gasteiger partial charge in [0.1, 0.15) is 0 Å². The Morgan fingerprint density at radius 2 is 0.473 bits per heavy atom. The second kappa shape index (κ2) is 32.9. The van der Waals surface area contributed by atoms with Gasteiger partial charge in [0, 0.05) is 174 Å². The molecular formula is C136H78N12. The van der Waals surface area contributed by atoms with Gasteiger partial charge in [0.05, 0.1) is 99.3 Å². The maximum absolute atomic E-state index is 5.21.